The summed E-state index contributed by atoms with van der Waals surface area (Å²) in [4.78, 5) is 22.1. The van der Waals surface area contributed by atoms with Crippen LogP contribution in [-0.4, -0.2) is 11.9 Å². The van der Waals surface area contributed by atoms with Gasteiger partial charge in [0, 0.05) is 10.0 Å². The number of carbonyl (C=O) groups is 2. The Morgan fingerprint density at radius 3 is 2.67 bits per heavy atom. The molecule has 1 aliphatic rings. The lowest BCUT2D eigenvalue weighted by Gasteiger charge is -2.08. The number of hydrogen-bond donors (Lipinski definition) is 2. The highest BCUT2D eigenvalue weighted by Crippen LogP contribution is 2.23. The highest BCUT2D eigenvalue weighted by atomic mass is 79.9. The second-order valence-electron chi connectivity index (χ2n) is 3.06. The van der Waals surface area contributed by atoms with Crippen molar-refractivity contribution in [1.29, 1.82) is 0 Å². The van der Waals surface area contributed by atoms with Crippen LogP contribution in [0, 0.1) is 5.82 Å². The monoisotopic (exact) mass is 272 g/mol. The molecule has 0 aliphatic carbocycles. The molecule has 0 saturated carbocycles. The van der Waals surface area contributed by atoms with Gasteiger partial charge in [0.25, 0.3) is 5.91 Å². The molecule has 78 valence electrons. The van der Waals surface area contributed by atoms with Crippen LogP contribution in [0.4, 0.5) is 9.18 Å². The molecule has 2 N–H and O–H groups in total. The fourth-order valence-electron chi connectivity index (χ4n) is 1.37. The van der Waals surface area contributed by atoms with E-state index >= 15 is 0 Å². The molecule has 1 fully saturated rings. The number of carbonyl (C=O) groups excluding carboxylic acids is 2. The summed E-state index contributed by atoms with van der Waals surface area (Å²) in [6, 6.07) is 2.66. The molecule has 0 unspecified atom stereocenters. The molecule has 1 aliphatic heterocycles. The maximum absolute atomic E-state index is 13.4. The Kier molecular flexibility index (Phi) is 2.44. The molecule has 1 atom stereocenters. The summed E-state index contributed by atoms with van der Waals surface area (Å²) in [7, 11) is 0. The molecule has 4 nitrogen and oxygen atoms in total. The zero-order valence-corrected chi connectivity index (χ0v) is 8.97. The van der Waals surface area contributed by atoms with Gasteiger partial charge in [-0.3, -0.25) is 10.1 Å². The Labute approximate surface area is 93.0 Å². The summed E-state index contributed by atoms with van der Waals surface area (Å²) in [5.41, 5.74) is 0.146. The van der Waals surface area contributed by atoms with E-state index in [0.717, 1.165) is 0 Å². The van der Waals surface area contributed by atoms with Crippen LogP contribution in [0.15, 0.2) is 22.7 Å². The third kappa shape index (κ3) is 1.85. The highest BCUT2D eigenvalue weighted by molar-refractivity contribution is 9.10. The van der Waals surface area contributed by atoms with Gasteiger partial charge in [0.2, 0.25) is 0 Å². The lowest BCUT2D eigenvalue weighted by molar-refractivity contribution is -0.120. The average molecular weight is 273 g/mol. The van der Waals surface area contributed by atoms with E-state index in [0.29, 0.717) is 4.47 Å². The SMILES string of the molecule is O=C1NC(=O)[C@H](c2cc(Br)ccc2F)N1. The second-order valence-corrected chi connectivity index (χ2v) is 3.98. The Hall–Kier alpha value is -1.43. The zero-order chi connectivity index (χ0) is 11.0. The van der Waals surface area contributed by atoms with E-state index in [1.807, 2.05) is 5.32 Å². The summed E-state index contributed by atoms with van der Waals surface area (Å²) in [5.74, 6) is -1.07. The molecule has 0 spiro atoms. The largest absolute Gasteiger partial charge is 0.322 e. The number of halogens is 2. The second kappa shape index (κ2) is 3.62. The van der Waals surface area contributed by atoms with E-state index in [2.05, 4.69) is 21.2 Å². The van der Waals surface area contributed by atoms with Gasteiger partial charge in [0.1, 0.15) is 11.9 Å². The van der Waals surface area contributed by atoms with Crippen LogP contribution in [0.25, 0.3) is 0 Å². The quantitative estimate of drug-likeness (QED) is 0.761. The van der Waals surface area contributed by atoms with Crippen LogP contribution in [0.3, 0.4) is 0 Å². The van der Waals surface area contributed by atoms with Gasteiger partial charge in [-0.05, 0) is 18.2 Å². The lowest BCUT2D eigenvalue weighted by atomic mass is 10.1. The standard InChI is InChI=1S/C9H6BrFN2O2/c10-4-1-2-6(11)5(3-4)7-8(14)13-9(15)12-7/h1-3,7H,(H2,12,13,14,15)/t7-/m0/s1. The van der Waals surface area contributed by atoms with E-state index in [1.165, 1.54) is 18.2 Å². The van der Waals surface area contributed by atoms with Crippen LogP contribution in [0.2, 0.25) is 0 Å². The first kappa shape index (κ1) is 10.1. The molecule has 0 radical (unpaired) electrons. The third-order valence-corrected chi connectivity index (χ3v) is 2.54. The number of imide groups is 1. The first-order valence-corrected chi connectivity index (χ1v) is 4.93. The number of hydrogen-bond acceptors (Lipinski definition) is 2. The zero-order valence-electron chi connectivity index (χ0n) is 7.38. The van der Waals surface area contributed by atoms with Crippen molar-refractivity contribution in [3.8, 4) is 0 Å². The van der Waals surface area contributed by atoms with Crippen LogP contribution >= 0.6 is 15.9 Å². The fourth-order valence-corrected chi connectivity index (χ4v) is 1.75. The van der Waals surface area contributed by atoms with Gasteiger partial charge in [0.15, 0.2) is 0 Å². The molecule has 0 bridgehead atoms. The highest BCUT2D eigenvalue weighted by Gasteiger charge is 2.32. The van der Waals surface area contributed by atoms with E-state index in [4.69, 9.17) is 0 Å². The van der Waals surface area contributed by atoms with Crippen molar-refractivity contribution in [2.75, 3.05) is 0 Å². The minimum atomic E-state index is -0.949. The van der Waals surface area contributed by atoms with E-state index in [9.17, 15) is 14.0 Å². The minimum Gasteiger partial charge on any atom is -0.322 e. The molecular formula is C9H6BrFN2O2. The maximum atomic E-state index is 13.4. The van der Waals surface area contributed by atoms with E-state index in [1.54, 1.807) is 0 Å². The Bertz CT molecular complexity index is 450. The van der Waals surface area contributed by atoms with Gasteiger partial charge in [-0.2, -0.15) is 0 Å². The lowest BCUT2D eigenvalue weighted by Crippen LogP contribution is -2.22. The van der Waals surface area contributed by atoms with Gasteiger partial charge in [-0.1, -0.05) is 15.9 Å². The number of benzene rings is 1. The molecule has 1 aromatic carbocycles. The van der Waals surface area contributed by atoms with Crippen molar-refractivity contribution in [1.82, 2.24) is 10.6 Å². The molecule has 2 rings (SSSR count). The van der Waals surface area contributed by atoms with Crippen LogP contribution in [0.1, 0.15) is 11.6 Å². The molecule has 1 saturated heterocycles. The number of rotatable bonds is 1. The molecule has 6 heteroatoms. The fraction of sp³-hybridized carbons (Fsp3) is 0.111. The molecule has 3 amide bonds. The smallest absolute Gasteiger partial charge is 0.322 e. The number of nitrogens with one attached hydrogen (secondary N) is 2. The molecule has 1 aromatic rings. The predicted octanol–water partition coefficient (Wildman–Crippen LogP) is 1.47. The van der Waals surface area contributed by atoms with Crippen molar-refractivity contribution < 1.29 is 14.0 Å². The molecule has 0 aromatic heterocycles. The van der Waals surface area contributed by atoms with Crippen molar-refractivity contribution in [2.45, 2.75) is 6.04 Å². The van der Waals surface area contributed by atoms with Crippen LogP contribution in [0.5, 0.6) is 0 Å². The van der Waals surface area contributed by atoms with Crippen LogP contribution in [-0.2, 0) is 4.79 Å². The normalized spacial score (nSPS) is 20.0. The van der Waals surface area contributed by atoms with Crippen molar-refractivity contribution in [2.24, 2.45) is 0 Å². The Morgan fingerprint density at radius 2 is 2.07 bits per heavy atom. The van der Waals surface area contributed by atoms with Crippen molar-refractivity contribution in [3.63, 3.8) is 0 Å². The van der Waals surface area contributed by atoms with Gasteiger partial charge < -0.3 is 5.32 Å². The van der Waals surface area contributed by atoms with Crippen LogP contribution < -0.4 is 10.6 Å². The van der Waals surface area contributed by atoms with Gasteiger partial charge in [0.05, 0.1) is 0 Å². The number of amides is 3. The maximum Gasteiger partial charge on any atom is 0.322 e. The van der Waals surface area contributed by atoms with Gasteiger partial charge in [-0.15, -0.1) is 0 Å². The van der Waals surface area contributed by atoms with Gasteiger partial charge >= 0.3 is 6.03 Å². The van der Waals surface area contributed by atoms with E-state index in [-0.39, 0.29) is 5.56 Å². The summed E-state index contributed by atoms with van der Waals surface area (Å²) in [6.45, 7) is 0. The molecule has 15 heavy (non-hydrogen) atoms. The molecular weight excluding hydrogens is 267 g/mol. The topological polar surface area (TPSA) is 58.2 Å². The first-order chi connectivity index (χ1) is 7.08. The summed E-state index contributed by atoms with van der Waals surface area (Å²) in [6.07, 6.45) is 0. The summed E-state index contributed by atoms with van der Waals surface area (Å²) < 4.78 is 14.0. The summed E-state index contributed by atoms with van der Waals surface area (Å²) >= 11 is 3.17. The summed E-state index contributed by atoms with van der Waals surface area (Å²) in [5, 5.41) is 4.37. The predicted molar refractivity (Wildman–Crippen MR) is 53.5 cm³/mol. The van der Waals surface area contributed by atoms with Crippen molar-refractivity contribution in [3.05, 3.63) is 34.1 Å². The Morgan fingerprint density at radius 1 is 1.33 bits per heavy atom. The number of urea groups is 1. The Balaban J connectivity index is 2.41. The first-order valence-electron chi connectivity index (χ1n) is 4.14. The minimum absolute atomic E-state index is 0.146. The molecule has 1 heterocycles. The van der Waals surface area contributed by atoms with Crippen molar-refractivity contribution >= 4 is 27.9 Å². The third-order valence-electron chi connectivity index (χ3n) is 2.04. The van der Waals surface area contributed by atoms with Gasteiger partial charge in [-0.25, -0.2) is 9.18 Å². The average Bonchev–Trinajstić information content (AvgIpc) is 2.50. The van der Waals surface area contributed by atoms with E-state index < -0.39 is 23.8 Å².